The molecule has 0 aliphatic rings. The predicted octanol–water partition coefficient (Wildman–Crippen LogP) is 6.89. The Morgan fingerprint density at radius 3 is 0.769 bits per heavy atom. The number of halogens is 10. The second-order valence-corrected chi connectivity index (χ2v) is 38.6. The van der Waals surface area contributed by atoms with E-state index >= 15 is 0 Å². The van der Waals surface area contributed by atoms with E-state index in [9.17, 15) is 0 Å². The Labute approximate surface area is 131 Å². The van der Waals surface area contributed by atoms with E-state index in [1.54, 1.807) is 0 Å². The molecule has 0 aromatic carbocycles. The van der Waals surface area contributed by atoms with E-state index in [-0.39, 0.29) is 0 Å². The topological polar surface area (TPSA) is 0 Å². The average molecular weight is 843 g/mol. The van der Waals surface area contributed by atoms with Gasteiger partial charge in [-0.15, -0.1) is 0 Å². The van der Waals surface area contributed by atoms with Gasteiger partial charge >= 0.3 is 134 Å². The van der Waals surface area contributed by atoms with Crippen molar-refractivity contribution in [3.63, 3.8) is 0 Å². The molecular formula is Cl10IrPtRu. The van der Waals surface area contributed by atoms with Crippen LogP contribution < -0.4 is 0 Å². The molecule has 0 N–H and O–H groups in total. The summed E-state index contributed by atoms with van der Waals surface area (Å²) in [5.74, 6) is 0. The predicted molar refractivity (Wildman–Crippen MR) is 58.5 cm³/mol. The molecule has 0 saturated heterocycles. The summed E-state index contributed by atoms with van der Waals surface area (Å²) in [5, 5.41) is 0. The molecule has 0 spiro atoms. The zero-order valence-electron chi connectivity index (χ0n) is 4.78. The minimum atomic E-state index is -3.06. The van der Waals surface area contributed by atoms with Gasteiger partial charge in [0.25, 0.3) is 0 Å². The summed E-state index contributed by atoms with van der Waals surface area (Å²) in [6.07, 6.45) is 0. The fourth-order valence-corrected chi connectivity index (χ4v) is 0. The molecule has 13 heteroatoms. The van der Waals surface area contributed by atoms with Crippen molar-refractivity contribution in [3.05, 3.63) is 0 Å². The van der Waals surface area contributed by atoms with E-state index < -0.39 is 38.3 Å². The molecule has 0 unspecified atom stereocenters. The fraction of sp³-hybridized carbons (Fsp3) is 0. The zero-order valence-corrected chi connectivity index (χ0v) is 18.7. The van der Waals surface area contributed by atoms with Crippen molar-refractivity contribution in [2.45, 2.75) is 0 Å². The summed E-state index contributed by atoms with van der Waals surface area (Å²) in [6.45, 7) is 0. The van der Waals surface area contributed by atoms with Crippen LogP contribution in [-0.4, -0.2) is 0 Å². The van der Waals surface area contributed by atoms with Crippen LogP contribution in [0.2, 0.25) is 0 Å². The summed E-state index contributed by atoms with van der Waals surface area (Å²) in [5.41, 5.74) is 0. The van der Waals surface area contributed by atoms with Crippen molar-refractivity contribution < 1.29 is 38.3 Å². The van der Waals surface area contributed by atoms with E-state index in [0.29, 0.717) is 0 Å². The van der Waals surface area contributed by atoms with E-state index in [2.05, 4.69) is 0 Å². The van der Waals surface area contributed by atoms with Crippen LogP contribution in [0.5, 0.6) is 0 Å². The second kappa shape index (κ2) is 14.9. The molecule has 97 valence electrons. The molecule has 0 heterocycles. The van der Waals surface area contributed by atoms with Crippen molar-refractivity contribution in [2.75, 3.05) is 0 Å². The molecule has 0 amide bonds. The Bertz CT molecular complexity index is 69.9. The SMILES string of the molecule is [Cl][Ir]([Cl])[Cl].[Cl][Pt]([Cl])([Cl])[Cl].[Cl][Ru]([Cl])[Cl]. The van der Waals surface area contributed by atoms with Crippen molar-refractivity contribution in [3.8, 4) is 0 Å². The van der Waals surface area contributed by atoms with Crippen LogP contribution in [0.3, 0.4) is 0 Å². The molecule has 0 aliphatic carbocycles. The van der Waals surface area contributed by atoms with Crippen molar-refractivity contribution in [1.82, 2.24) is 0 Å². The molecule has 0 bridgehead atoms. The maximum absolute atomic E-state index is 5.01. The molecule has 0 saturated carbocycles. The maximum atomic E-state index is 5.01. The molecule has 0 rings (SSSR count). The first-order valence-electron chi connectivity index (χ1n) is 1.26. The molecule has 0 aromatic heterocycles. The van der Waals surface area contributed by atoms with Gasteiger partial charge in [-0.3, -0.25) is 0 Å². The first-order chi connectivity index (χ1) is 5.46. The molecule has 0 nitrogen and oxygen atoms in total. The van der Waals surface area contributed by atoms with Crippen LogP contribution >= 0.6 is 95.5 Å². The number of rotatable bonds is 0. The van der Waals surface area contributed by atoms with E-state index in [4.69, 9.17) is 95.5 Å². The van der Waals surface area contributed by atoms with Crippen molar-refractivity contribution in [2.24, 2.45) is 0 Å². The van der Waals surface area contributed by atoms with Crippen molar-refractivity contribution >= 4 is 95.5 Å². The molecular weight excluding hydrogens is 843 g/mol. The quantitative estimate of drug-likeness (QED) is 0.234. The summed E-state index contributed by atoms with van der Waals surface area (Å²) < 4.78 is 0. The van der Waals surface area contributed by atoms with Crippen LogP contribution in [0.4, 0.5) is 0 Å². The van der Waals surface area contributed by atoms with Gasteiger partial charge in [0, 0.05) is 0 Å². The van der Waals surface area contributed by atoms with Crippen molar-refractivity contribution in [1.29, 1.82) is 0 Å². The van der Waals surface area contributed by atoms with Gasteiger partial charge in [-0.2, -0.15) is 0 Å². The molecule has 0 aromatic rings. The van der Waals surface area contributed by atoms with Crippen LogP contribution in [0.25, 0.3) is 0 Å². The Morgan fingerprint density at radius 1 is 0.769 bits per heavy atom. The Kier molecular flexibility index (Phi) is 26.4. The van der Waals surface area contributed by atoms with Gasteiger partial charge in [-0.1, -0.05) is 0 Å². The zero-order chi connectivity index (χ0) is 11.7. The second-order valence-electron chi connectivity index (χ2n) is 0.565. The Hall–Kier alpha value is 4.86. The normalized spacial score (nSPS) is 12.8. The fourth-order valence-electron chi connectivity index (χ4n) is 0. The standard InChI is InChI=1S/10ClH.Ir.Pt.Ru/h10*1H;;;/q;;;;;;;;;;+3;+4;+3/p-10. The summed E-state index contributed by atoms with van der Waals surface area (Å²) in [7, 11) is 49.8. The minimum absolute atomic E-state index is 1.75. The monoisotopic (exact) mass is 840 g/mol. The summed E-state index contributed by atoms with van der Waals surface area (Å²) >= 11 is -6.73. The van der Waals surface area contributed by atoms with E-state index in [1.165, 1.54) is 0 Å². The Morgan fingerprint density at radius 2 is 0.769 bits per heavy atom. The van der Waals surface area contributed by atoms with E-state index in [1.807, 2.05) is 0 Å². The van der Waals surface area contributed by atoms with Gasteiger partial charge in [0.2, 0.25) is 0 Å². The van der Waals surface area contributed by atoms with Gasteiger partial charge in [-0.05, 0) is 0 Å². The summed E-state index contributed by atoms with van der Waals surface area (Å²) in [6, 6.07) is 0. The van der Waals surface area contributed by atoms with Gasteiger partial charge in [0.15, 0.2) is 0 Å². The molecule has 0 fully saturated rings. The third-order valence-corrected chi connectivity index (χ3v) is 0. The molecule has 0 radical (unpaired) electrons. The molecule has 0 aliphatic heterocycles. The van der Waals surface area contributed by atoms with E-state index in [0.717, 1.165) is 0 Å². The number of hydrogen-bond donors (Lipinski definition) is 0. The van der Waals surface area contributed by atoms with Gasteiger partial charge in [0.1, 0.15) is 0 Å². The summed E-state index contributed by atoms with van der Waals surface area (Å²) in [4.78, 5) is 0. The first kappa shape index (κ1) is 23.0. The van der Waals surface area contributed by atoms with Crippen LogP contribution in [0, 0.1) is 0 Å². The Balaban J connectivity index is -0.000000117. The third-order valence-electron chi connectivity index (χ3n) is 0. The molecule has 13 heavy (non-hydrogen) atoms. The van der Waals surface area contributed by atoms with Gasteiger partial charge in [-0.25, -0.2) is 0 Å². The molecule has 0 atom stereocenters. The average Bonchev–Trinajstić information content (AvgIpc) is 1.50. The van der Waals surface area contributed by atoms with Gasteiger partial charge < -0.3 is 0 Å². The number of hydrogen-bond acceptors (Lipinski definition) is 0. The van der Waals surface area contributed by atoms with Crippen LogP contribution in [0.1, 0.15) is 0 Å². The van der Waals surface area contributed by atoms with Gasteiger partial charge in [0.05, 0.1) is 0 Å². The third kappa shape index (κ3) is 158. The first-order valence-corrected chi connectivity index (χ1v) is 28.1. The van der Waals surface area contributed by atoms with Crippen LogP contribution in [-0.2, 0) is 38.3 Å². The van der Waals surface area contributed by atoms with Crippen LogP contribution in [0.15, 0.2) is 0 Å².